The van der Waals surface area contributed by atoms with Crippen LogP contribution >= 0.6 is 23.2 Å². The third-order valence-corrected chi connectivity index (χ3v) is 6.73. The lowest BCUT2D eigenvalue weighted by atomic mass is 9.49. The summed E-state index contributed by atoms with van der Waals surface area (Å²) in [6.45, 7) is 7.85. The SMILES string of the molecule is CC1(C)C(N)C(C)(C)C1NS(=O)(=O)c1ccc(Cl)c(Cl)c1. The number of halogens is 2. The summed E-state index contributed by atoms with van der Waals surface area (Å²) in [4.78, 5) is 0.101. The zero-order chi connectivity index (χ0) is 16.2. The minimum Gasteiger partial charge on any atom is -0.327 e. The number of benzene rings is 1. The maximum Gasteiger partial charge on any atom is 0.240 e. The van der Waals surface area contributed by atoms with Crippen LogP contribution in [-0.4, -0.2) is 20.5 Å². The van der Waals surface area contributed by atoms with E-state index in [-0.39, 0.29) is 32.8 Å². The Labute approximate surface area is 136 Å². The maximum absolute atomic E-state index is 12.5. The molecule has 1 aliphatic carbocycles. The lowest BCUT2D eigenvalue weighted by molar-refractivity contribution is -0.0593. The second-order valence-electron chi connectivity index (χ2n) is 6.75. The molecule has 1 fully saturated rings. The molecule has 0 unspecified atom stereocenters. The number of hydrogen-bond acceptors (Lipinski definition) is 3. The lowest BCUT2D eigenvalue weighted by Gasteiger charge is -2.62. The minimum absolute atomic E-state index is 0.0773. The van der Waals surface area contributed by atoms with Gasteiger partial charge in [0.25, 0.3) is 0 Å². The van der Waals surface area contributed by atoms with Gasteiger partial charge in [0.15, 0.2) is 0 Å². The monoisotopic (exact) mass is 350 g/mol. The number of nitrogens with one attached hydrogen (secondary N) is 1. The summed E-state index contributed by atoms with van der Waals surface area (Å²) < 4.78 is 27.8. The first-order chi connectivity index (χ1) is 9.40. The van der Waals surface area contributed by atoms with Crippen molar-refractivity contribution in [2.75, 3.05) is 0 Å². The van der Waals surface area contributed by atoms with Gasteiger partial charge >= 0.3 is 0 Å². The van der Waals surface area contributed by atoms with E-state index in [0.29, 0.717) is 5.02 Å². The van der Waals surface area contributed by atoms with E-state index in [1.807, 2.05) is 27.7 Å². The molecule has 0 spiro atoms. The molecule has 1 aliphatic rings. The molecule has 0 amide bonds. The smallest absolute Gasteiger partial charge is 0.240 e. The molecule has 1 saturated carbocycles. The van der Waals surface area contributed by atoms with Gasteiger partial charge in [-0.25, -0.2) is 13.1 Å². The molecule has 1 aromatic rings. The Balaban J connectivity index is 2.32. The Morgan fingerprint density at radius 1 is 1.10 bits per heavy atom. The van der Waals surface area contributed by atoms with Gasteiger partial charge in [-0.3, -0.25) is 0 Å². The Hall–Kier alpha value is -0.330. The fraction of sp³-hybridized carbons (Fsp3) is 0.571. The summed E-state index contributed by atoms with van der Waals surface area (Å²) >= 11 is 11.7. The first-order valence-corrected chi connectivity index (χ1v) is 8.87. The Kier molecular flexibility index (Phi) is 4.14. The summed E-state index contributed by atoms with van der Waals surface area (Å²) in [5.41, 5.74) is 5.53. The van der Waals surface area contributed by atoms with Crippen molar-refractivity contribution in [1.82, 2.24) is 4.72 Å². The number of rotatable bonds is 3. The second kappa shape index (κ2) is 5.10. The van der Waals surface area contributed by atoms with Crippen LogP contribution in [0.2, 0.25) is 10.0 Å². The summed E-state index contributed by atoms with van der Waals surface area (Å²) in [7, 11) is -3.67. The molecular weight excluding hydrogens is 331 g/mol. The molecule has 3 N–H and O–H groups in total. The second-order valence-corrected chi connectivity index (χ2v) is 9.28. The first kappa shape index (κ1) is 17.0. The average Bonchev–Trinajstić information content (AvgIpc) is 2.38. The average molecular weight is 351 g/mol. The van der Waals surface area contributed by atoms with Crippen molar-refractivity contribution in [3.8, 4) is 0 Å². The number of hydrogen-bond donors (Lipinski definition) is 2. The van der Waals surface area contributed by atoms with Crippen molar-refractivity contribution in [2.45, 2.75) is 44.7 Å². The van der Waals surface area contributed by atoms with Gasteiger partial charge in [0, 0.05) is 12.1 Å². The van der Waals surface area contributed by atoms with E-state index >= 15 is 0 Å². The van der Waals surface area contributed by atoms with Crippen LogP contribution < -0.4 is 10.5 Å². The van der Waals surface area contributed by atoms with Crippen molar-refractivity contribution in [3.05, 3.63) is 28.2 Å². The van der Waals surface area contributed by atoms with Crippen molar-refractivity contribution in [1.29, 1.82) is 0 Å². The predicted octanol–water partition coefficient (Wildman–Crippen LogP) is 3.03. The number of nitrogens with two attached hydrogens (primary N) is 1. The van der Waals surface area contributed by atoms with Crippen LogP contribution in [0.4, 0.5) is 0 Å². The van der Waals surface area contributed by atoms with Crippen LogP contribution in [-0.2, 0) is 10.0 Å². The summed E-state index contributed by atoms with van der Waals surface area (Å²) in [5, 5.41) is 0.533. The molecule has 0 heterocycles. The number of sulfonamides is 1. The third-order valence-electron chi connectivity index (χ3n) is 4.57. The molecule has 0 atom stereocenters. The fourth-order valence-electron chi connectivity index (χ4n) is 3.35. The molecule has 0 radical (unpaired) electrons. The van der Waals surface area contributed by atoms with E-state index in [4.69, 9.17) is 28.9 Å². The first-order valence-electron chi connectivity index (χ1n) is 6.63. The molecular formula is C14H20Cl2N2O2S. The largest absolute Gasteiger partial charge is 0.327 e. The standard InChI is InChI=1S/C14H20Cl2N2O2S/c1-13(2)11(17)14(3,4)12(13)18-21(19,20)8-5-6-9(15)10(16)7-8/h5-7,11-12,18H,17H2,1-4H3. The zero-order valence-corrected chi connectivity index (χ0v) is 14.8. The molecule has 4 nitrogen and oxygen atoms in total. The van der Waals surface area contributed by atoms with Gasteiger partial charge in [-0.05, 0) is 29.0 Å². The molecule has 21 heavy (non-hydrogen) atoms. The van der Waals surface area contributed by atoms with E-state index in [0.717, 1.165) is 0 Å². The maximum atomic E-state index is 12.5. The Morgan fingerprint density at radius 2 is 1.62 bits per heavy atom. The molecule has 0 bridgehead atoms. The summed E-state index contributed by atoms with van der Waals surface area (Å²) in [5.74, 6) is 0. The van der Waals surface area contributed by atoms with Crippen LogP contribution in [0.3, 0.4) is 0 Å². The van der Waals surface area contributed by atoms with E-state index < -0.39 is 10.0 Å². The molecule has 2 rings (SSSR count). The Bertz CT molecular complexity index is 656. The van der Waals surface area contributed by atoms with Gasteiger partial charge in [-0.15, -0.1) is 0 Å². The highest BCUT2D eigenvalue weighted by atomic mass is 35.5. The third kappa shape index (κ3) is 2.70. The summed E-state index contributed by atoms with van der Waals surface area (Å²) in [6.07, 6.45) is 0. The van der Waals surface area contributed by atoms with Crippen LogP contribution in [0.25, 0.3) is 0 Å². The van der Waals surface area contributed by atoms with Crippen molar-refractivity contribution in [3.63, 3.8) is 0 Å². The van der Waals surface area contributed by atoms with Gasteiger partial charge in [-0.2, -0.15) is 0 Å². The quantitative estimate of drug-likeness (QED) is 0.879. The van der Waals surface area contributed by atoms with E-state index in [9.17, 15) is 8.42 Å². The zero-order valence-electron chi connectivity index (χ0n) is 12.4. The van der Waals surface area contributed by atoms with Gasteiger partial charge in [-0.1, -0.05) is 50.9 Å². The van der Waals surface area contributed by atoms with Crippen LogP contribution in [0.1, 0.15) is 27.7 Å². The highest BCUT2D eigenvalue weighted by Crippen LogP contribution is 2.53. The van der Waals surface area contributed by atoms with E-state index in [2.05, 4.69) is 4.72 Å². The minimum atomic E-state index is -3.67. The predicted molar refractivity (Wildman–Crippen MR) is 86.1 cm³/mol. The topological polar surface area (TPSA) is 72.2 Å². The van der Waals surface area contributed by atoms with Crippen LogP contribution in [0, 0.1) is 10.8 Å². The highest BCUT2D eigenvalue weighted by Gasteiger charge is 2.61. The molecule has 0 saturated heterocycles. The lowest BCUT2D eigenvalue weighted by Crippen LogP contribution is -2.75. The van der Waals surface area contributed by atoms with Crippen molar-refractivity contribution >= 4 is 33.2 Å². The van der Waals surface area contributed by atoms with E-state index in [1.165, 1.54) is 18.2 Å². The highest BCUT2D eigenvalue weighted by molar-refractivity contribution is 7.89. The van der Waals surface area contributed by atoms with Gasteiger partial charge < -0.3 is 5.73 Å². The normalized spacial score (nSPS) is 27.2. The molecule has 0 aromatic heterocycles. The molecule has 1 aromatic carbocycles. The Morgan fingerprint density at radius 3 is 2.10 bits per heavy atom. The van der Waals surface area contributed by atoms with Gasteiger partial charge in [0.05, 0.1) is 14.9 Å². The molecule has 0 aliphatic heterocycles. The molecule has 7 heteroatoms. The van der Waals surface area contributed by atoms with E-state index in [1.54, 1.807) is 0 Å². The molecule has 118 valence electrons. The van der Waals surface area contributed by atoms with Crippen LogP contribution in [0.15, 0.2) is 23.1 Å². The van der Waals surface area contributed by atoms with Crippen molar-refractivity contribution < 1.29 is 8.42 Å². The summed E-state index contributed by atoms with van der Waals surface area (Å²) in [6, 6.07) is 3.94. The van der Waals surface area contributed by atoms with Crippen molar-refractivity contribution in [2.24, 2.45) is 16.6 Å². The van der Waals surface area contributed by atoms with Crippen LogP contribution in [0.5, 0.6) is 0 Å². The fourth-order valence-corrected chi connectivity index (χ4v) is 5.29. The van der Waals surface area contributed by atoms with Gasteiger partial charge in [0.1, 0.15) is 0 Å². The van der Waals surface area contributed by atoms with Gasteiger partial charge in [0.2, 0.25) is 10.0 Å².